The first kappa shape index (κ1) is 14.6. The molecule has 0 saturated carbocycles. The average molecular weight is 279 g/mol. The largest absolute Gasteiger partial charge is 0.466 e. The van der Waals surface area contributed by atoms with Gasteiger partial charge in [-0.05, 0) is 38.7 Å². The number of rotatable bonds is 3. The highest BCUT2D eigenvalue weighted by atomic mass is 16.5. The van der Waals surface area contributed by atoms with E-state index < -0.39 is 5.97 Å². The molecule has 0 aromatic carbocycles. The van der Waals surface area contributed by atoms with Crippen LogP contribution in [-0.4, -0.2) is 36.5 Å². The van der Waals surface area contributed by atoms with Gasteiger partial charge >= 0.3 is 5.97 Å². The summed E-state index contributed by atoms with van der Waals surface area (Å²) in [6.45, 7) is 6.91. The third kappa shape index (κ3) is 3.40. The van der Waals surface area contributed by atoms with Crippen molar-refractivity contribution in [1.82, 2.24) is 4.90 Å². The van der Waals surface area contributed by atoms with Gasteiger partial charge in [-0.1, -0.05) is 6.92 Å². The molecule has 110 valence electrons. The lowest BCUT2D eigenvalue weighted by Crippen LogP contribution is -2.41. The van der Waals surface area contributed by atoms with Crippen LogP contribution in [0.4, 0.5) is 0 Å². The predicted molar refractivity (Wildman–Crippen MR) is 73.4 cm³/mol. The fourth-order valence-corrected chi connectivity index (χ4v) is 2.55. The number of nitrogens with zero attached hydrogens (tertiary/aromatic N) is 1. The minimum atomic E-state index is -0.502. The molecular weight excluding hydrogens is 258 g/mol. The van der Waals surface area contributed by atoms with E-state index in [1.807, 2.05) is 0 Å². The first-order chi connectivity index (χ1) is 9.47. The molecule has 2 rings (SSSR count). The maximum atomic E-state index is 12.0. The van der Waals surface area contributed by atoms with E-state index in [0.717, 1.165) is 25.9 Å². The van der Waals surface area contributed by atoms with E-state index in [1.165, 1.54) is 0 Å². The smallest absolute Gasteiger partial charge is 0.342 e. The van der Waals surface area contributed by atoms with Gasteiger partial charge in [0.25, 0.3) is 5.91 Å². The number of amides is 1. The number of aryl methyl sites for hydroxylation is 2. The first-order valence-corrected chi connectivity index (χ1v) is 6.99. The van der Waals surface area contributed by atoms with Crippen LogP contribution in [0.5, 0.6) is 0 Å². The summed E-state index contributed by atoms with van der Waals surface area (Å²) in [5.41, 5.74) is 0.391. The number of esters is 1. The number of hydrogen-bond donors (Lipinski definition) is 0. The Morgan fingerprint density at radius 3 is 2.80 bits per heavy atom. The van der Waals surface area contributed by atoms with Gasteiger partial charge in [0.2, 0.25) is 0 Å². The second kappa shape index (κ2) is 6.11. The fourth-order valence-electron chi connectivity index (χ4n) is 2.55. The zero-order valence-electron chi connectivity index (χ0n) is 12.3. The zero-order valence-corrected chi connectivity index (χ0v) is 12.3. The van der Waals surface area contributed by atoms with Crippen molar-refractivity contribution >= 4 is 11.9 Å². The number of ether oxygens (including phenoxy) is 1. The van der Waals surface area contributed by atoms with Crippen LogP contribution in [-0.2, 0) is 9.53 Å². The molecule has 1 amide bonds. The van der Waals surface area contributed by atoms with Gasteiger partial charge in [-0.2, -0.15) is 0 Å². The first-order valence-electron chi connectivity index (χ1n) is 6.99. The van der Waals surface area contributed by atoms with E-state index in [0.29, 0.717) is 23.0 Å². The van der Waals surface area contributed by atoms with E-state index in [-0.39, 0.29) is 12.5 Å². The number of likely N-dealkylation sites (tertiary alicyclic amines) is 1. The molecule has 0 aliphatic carbocycles. The molecule has 0 bridgehead atoms. The summed E-state index contributed by atoms with van der Waals surface area (Å²) in [6.07, 6.45) is 2.16. The van der Waals surface area contributed by atoms with Gasteiger partial charge < -0.3 is 14.1 Å². The van der Waals surface area contributed by atoms with Crippen LogP contribution >= 0.6 is 0 Å². The molecule has 1 saturated heterocycles. The van der Waals surface area contributed by atoms with Gasteiger partial charge in [-0.25, -0.2) is 4.79 Å². The molecule has 0 N–H and O–H groups in total. The molecule has 5 heteroatoms. The van der Waals surface area contributed by atoms with Crippen molar-refractivity contribution in [1.29, 1.82) is 0 Å². The quantitative estimate of drug-likeness (QED) is 0.797. The Kier molecular flexibility index (Phi) is 4.47. The number of piperidine rings is 1. The van der Waals surface area contributed by atoms with Crippen LogP contribution in [0.1, 0.15) is 41.6 Å². The predicted octanol–water partition coefficient (Wildman–Crippen LogP) is 2.31. The molecule has 1 atom stereocenters. The molecule has 1 aromatic heterocycles. The number of carbonyl (C=O) groups excluding carboxylic acids is 2. The highest BCUT2D eigenvalue weighted by Crippen LogP contribution is 2.17. The van der Waals surface area contributed by atoms with E-state index in [4.69, 9.17) is 9.15 Å². The molecular formula is C15H21NO4. The van der Waals surface area contributed by atoms with Gasteiger partial charge in [-0.15, -0.1) is 0 Å². The molecule has 2 heterocycles. The summed E-state index contributed by atoms with van der Waals surface area (Å²) in [6, 6.07) is 1.63. The van der Waals surface area contributed by atoms with Gasteiger partial charge in [-0.3, -0.25) is 4.79 Å². The van der Waals surface area contributed by atoms with Gasteiger partial charge in [0.05, 0.1) is 0 Å². The Balaban J connectivity index is 1.87. The summed E-state index contributed by atoms with van der Waals surface area (Å²) in [4.78, 5) is 25.6. The highest BCUT2D eigenvalue weighted by Gasteiger charge is 2.23. The monoisotopic (exact) mass is 279 g/mol. The topological polar surface area (TPSA) is 59.8 Å². The van der Waals surface area contributed by atoms with Crippen molar-refractivity contribution in [3.8, 4) is 0 Å². The van der Waals surface area contributed by atoms with Gasteiger partial charge in [0.15, 0.2) is 6.61 Å². The normalized spacial score (nSPS) is 18.9. The zero-order chi connectivity index (χ0) is 14.7. The van der Waals surface area contributed by atoms with Crippen LogP contribution in [0.3, 0.4) is 0 Å². The second-order valence-corrected chi connectivity index (χ2v) is 5.49. The number of furan rings is 1. The Morgan fingerprint density at radius 2 is 2.20 bits per heavy atom. The molecule has 0 spiro atoms. The van der Waals surface area contributed by atoms with Crippen molar-refractivity contribution in [2.24, 2.45) is 5.92 Å². The van der Waals surface area contributed by atoms with Crippen LogP contribution in [0.15, 0.2) is 10.5 Å². The molecule has 1 aromatic rings. The molecule has 1 fully saturated rings. The lowest BCUT2D eigenvalue weighted by atomic mass is 10.0. The summed E-state index contributed by atoms with van der Waals surface area (Å²) in [5.74, 6) is 1.07. The number of hydrogen-bond acceptors (Lipinski definition) is 4. The average Bonchev–Trinajstić information content (AvgIpc) is 2.74. The third-order valence-electron chi connectivity index (χ3n) is 3.60. The molecule has 1 unspecified atom stereocenters. The Bertz CT molecular complexity index is 506. The van der Waals surface area contributed by atoms with Gasteiger partial charge in [0.1, 0.15) is 17.1 Å². The van der Waals surface area contributed by atoms with E-state index in [9.17, 15) is 9.59 Å². The molecule has 1 aliphatic rings. The van der Waals surface area contributed by atoms with E-state index in [1.54, 1.807) is 24.8 Å². The molecule has 20 heavy (non-hydrogen) atoms. The lowest BCUT2D eigenvalue weighted by molar-refractivity contribution is -0.136. The van der Waals surface area contributed by atoms with Crippen LogP contribution < -0.4 is 0 Å². The van der Waals surface area contributed by atoms with Crippen molar-refractivity contribution in [2.75, 3.05) is 19.7 Å². The maximum Gasteiger partial charge on any atom is 0.342 e. The molecule has 5 nitrogen and oxygen atoms in total. The fraction of sp³-hybridized carbons (Fsp3) is 0.600. The molecule has 0 radical (unpaired) electrons. The van der Waals surface area contributed by atoms with Crippen LogP contribution in [0.25, 0.3) is 0 Å². The number of carbonyl (C=O) groups is 2. The summed E-state index contributed by atoms with van der Waals surface area (Å²) < 4.78 is 10.4. The van der Waals surface area contributed by atoms with E-state index in [2.05, 4.69) is 6.92 Å². The highest BCUT2D eigenvalue weighted by molar-refractivity contribution is 5.92. The lowest BCUT2D eigenvalue weighted by Gasteiger charge is -2.30. The van der Waals surface area contributed by atoms with Crippen molar-refractivity contribution in [2.45, 2.75) is 33.6 Å². The van der Waals surface area contributed by atoms with E-state index >= 15 is 0 Å². The van der Waals surface area contributed by atoms with Crippen molar-refractivity contribution in [3.63, 3.8) is 0 Å². The third-order valence-corrected chi connectivity index (χ3v) is 3.60. The van der Waals surface area contributed by atoms with Gasteiger partial charge in [0, 0.05) is 13.1 Å². The van der Waals surface area contributed by atoms with Crippen LogP contribution in [0, 0.1) is 19.8 Å². The summed E-state index contributed by atoms with van der Waals surface area (Å²) in [7, 11) is 0. The van der Waals surface area contributed by atoms with Crippen LogP contribution in [0.2, 0.25) is 0 Å². The Hall–Kier alpha value is -1.78. The minimum Gasteiger partial charge on any atom is -0.466 e. The standard InChI is InChI=1S/C15H21NO4/c1-10-5-4-6-16(8-10)14(17)9-19-15(18)13-7-11(2)20-12(13)3/h7,10H,4-6,8-9H2,1-3H3. The SMILES string of the molecule is Cc1cc(C(=O)OCC(=O)N2CCCC(C)C2)c(C)o1. The minimum absolute atomic E-state index is 0.122. The van der Waals surface area contributed by atoms with Crippen molar-refractivity contribution < 1.29 is 18.7 Å². The maximum absolute atomic E-state index is 12.0. The Morgan fingerprint density at radius 1 is 1.45 bits per heavy atom. The Labute approximate surface area is 118 Å². The summed E-state index contributed by atoms with van der Waals surface area (Å²) in [5, 5.41) is 0. The molecule has 1 aliphatic heterocycles. The van der Waals surface area contributed by atoms with Crippen molar-refractivity contribution in [3.05, 3.63) is 23.2 Å². The summed E-state index contributed by atoms with van der Waals surface area (Å²) >= 11 is 0. The second-order valence-electron chi connectivity index (χ2n) is 5.49.